The van der Waals surface area contributed by atoms with Crippen LogP contribution in [0.3, 0.4) is 0 Å². The van der Waals surface area contributed by atoms with Crippen LogP contribution in [0.1, 0.15) is 36.8 Å². The van der Waals surface area contributed by atoms with Crippen molar-refractivity contribution < 1.29 is 4.42 Å². The zero-order valence-corrected chi connectivity index (χ0v) is 16.8. The van der Waals surface area contributed by atoms with Gasteiger partial charge in [0.05, 0.1) is 17.8 Å². The lowest BCUT2D eigenvalue weighted by Crippen LogP contribution is -2.32. The van der Waals surface area contributed by atoms with Gasteiger partial charge in [0.2, 0.25) is 0 Å². The topological polar surface area (TPSA) is 71.2 Å². The Labute approximate surface area is 170 Å². The van der Waals surface area contributed by atoms with Gasteiger partial charge < -0.3 is 9.32 Å². The second kappa shape index (κ2) is 7.91. The van der Waals surface area contributed by atoms with Gasteiger partial charge in [-0.25, -0.2) is 19.9 Å². The fourth-order valence-corrected chi connectivity index (χ4v) is 4.13. The van der Waals surface area contributed by atoms with E-state index in [1.54, 1.807) is 12.4 Å². The average molecular weight is 390 g/mol. The number of hydrogen-bond acceptors (Lipinski definition) is 7. The number of rotatable bonds is 4. The van der Waals surface area contributed by atoms with Gasteiger partial charge in [0.25, 0.3) is 0 Å². The lowest BCUT2D eigenvalue weighted by atomic mass is 9.99. The highest BCUT2D eigenvalue weighted by atomic mass is 16.4. The van der Waals surface area contributed by atoms with Crippen LogP contribution >= 0.6 is 0 Å². The lowest BCUT2D eigenvalue weighted by molar-refractivity contribution is 0.223. The zero-order valence-electron chi connectivity index (χ0n) is 16.8. The van der Waals surface area contributed by atoms with Gasteiger partial charge in [0.15, 0.2) is 11.7 Å². The standard InChI is InChI=1S/C22H26N6O/c1-16-4-8-28(9-5-16)21-3-2-19(29-21)14-27-7-6-20-18(13-27)12-25-22(26-20)17-10-23-15-24-11-17/h2-3,10-12,15-16H,4-9,13-14H2,1H3. The second-order valence-electron chi connectivity index (χ2n) is 8.16. The van der Waals surface area contributed by atoms with Crippen LogP contribution in [0, 0.1) is 5.92 Å². The van der Waals surface area contributed by atoms with Gasteiger partial charge in [-0.3, -0.25) is 4.90 Å². The molecule has 29 heavy (non-hydrogen) atoms. The quantitative estimate of drug-likeness (QED) is 0.677. The number of fused-ring (bicyclic) bond motifs is 1. The molecule has 2 aliphatic rings. The van der Waals surface area contributed by atoms with E-state index in [1.807, 2.05) is 6.20 Å². The Balaban J connectivity index is 1.24. The van der Waals surface area contributed by atoms with Crippen molar-refractivity contribution in [2.24, 2.45) is 5.92 Å². The van der Waals surface area contributed by atoms with E-state index < -0.39 is 0 Å². The van der Waals surface area contributed by atoms with Crippen molar-refractivity contribution in [3.8, 4) is 11.4 Å². The molecule has 0 radical (unpaired) electrons. The summed E-state index contributed by atoms with van der Waals surface area (Å²) in [5.41, 5.74) is 3.17. The first-order valence-corrected chi connectivity index (χ1v) is 10.4. The predicted octanol–water partition coefficient (Wildman–Crippen LogP) is 3.32. The molecule has 0 aromatic carbocycles. The molecule has 0 spiro atoms. The monoisotopic (exact) mass is 390 g/mol. The van der Waals surface area contributed by atoms with Crippen molar-refractivity contribution in [3.05, 3.63) is 54.1 Å². The lowest BCUT2D eigenvalue weighted by Gasteiger charge is -2.30. The fraction of sp³-hybridized carbons (Fsp3) is 0.455. The molecule has 2 aliphatic heterocycles. The van der Waals surface area contributed by atoms with Crippen LogP contribution in [0.2, 0.25) is 0 Å². The predicted molar refractivity (Wildman–Crippen MR) is 110 cm³/mol. The largest absolute Gasteiger partial charge is 0.444 e. The summed E-state index contributed by atoms with van der Waals surface area (Å²) in [6.45, 7) is 7.15. The van der Waals surface area contributed by atoms with Crippen molar-refractivity contribution in [3.63, 3.8) is 0 Å². The number of aromatic nitrogens is 4. The van der Waals surface area contributed by atoms with Gasteiger partial charge in [-0.05, 0) is 24.8 Å². The summed E-state index contributed by atoms with van der Waals surface area (Å²) in [6, 6.07) is 4.25. The minimum atomic E-state index is 0.698. The minimum absolute atomic E-state index is 0.698. The Morgan fingerprint density at radius 1 is 1.07 bits per heavy atom. The highest BCUT2D eigenvalue weighted by Gasteiger charge is 2.22. The third-order valence-corrected chi connectivity index (χ3v) is 5.95. The summed E-state index contributed by atoms with van der Waals surface area (Å²) in [5, 5.41) is 0. The molecule has 0 atom stereocenters. The maximum atomic E-state index is 6.17. The molecule has 5 rings (SSSR count). The van der Waals surface area contributed by atoms with E-state index in [0.717, 1.165) is 68.0 Å². The van der Waals surface area contributed by atoms with E-state index in [0.29, 0.717) is 5.82 Å². The maximum absolute atomic E-state index is 6.17. The highest BCUT2D eigenvalue weighted by Crippen LogP contribution is 2.27. The summed E-state index contributed by atoms with van der Waals surface area (Å²) >= 11 is 0. The number of furan rings is 1. The molecule has 0 saturated carbocycles. The molecule has 0 amide bonds. The SMILES string of the molecule is CC1CCN(c2ccc(CN3CCc4nc(-c5cncnc5)ncc4C3)o2)CC1. The van der Waals surface area contributed by atoms with E-state index in [4.69, 9.17) is 9.40 Å². The van der Waals surface area contributed by atoms with Crippen LogP contribution in [0.25, 0.3) is 11.4 Å². The molecule has 0 unspecified atom stereocenters. The molecular formula is C22H26N6O. The van der Waals surface area contributed by atoms with Gasteiger partial charge in [-0.1, -0.05) is 6.92 Å². The smallest absolute Gasteiger partial charge is 0.195 e. The molecule has 7 heteroatoms. The Hall–Kier alpha value is -2.80. The molecule has 0 bridgehead atoms. The third kappa shape index (κ3) is 4.00. The van der Waals surface area contributed by atoms with E-state index in [-0.39, 0.29) is 0 Å². The first-order valence-electron chi connectivity index (χ1n) is 10.4. The van der Waals surface area contributed by atoms with Gasteiger partial charge in [-0.15, -0.1) is 0 Å². The molecule has 3 aromatic rings. The third-order valence-electron chi connectivity index (χ3n) is 5.95. The zero-order chi connectivity index (χ0) is 19.6. The van der Waals surface area contributed by atoms with Crippen LogP contribution in [0.15, 0.2) is 41.5 Å². The number of nitrogens with zero attached hydrogens (tertiary/aromatic N) is 6. The van der Waals surface area contributed by atoms with Crippen molar-refractivity contribution in [1.82, 2.24) is 24.8 Å². The Morgan fingerprint density at radius 2 is 1.90 bits per heavy atom. The van der Waals surface area contributed by atoms with Gasteiger partial charge in [0.1, 0.15) is 12.1 Å². The van der Waals surface area contributed by atoms with E-state index in [2.05, 4.69) is 43.8 Å². The van der Waals surface area contributed by atoms with Gasteiger partial charge >= 0.3 is 0 Å². The molecule has 0 aliphatic carbocycles. The molecule has 1 fully saturated rings. The van der Waals surface area contributed by atoms with Gasteiger partial charge in [0, 0.05) is 62.8 Å². The molecule has 7 nitrogen and oxygen atoms in total. The van der Waals surface area contributed by atoms with E-state index in [9.17, 15) is 0 Å². The Morgan fingerprint density at radius 3 is 2.72 bits per heavy atom. The summed E-state index contributed by atoms with van der Waals surface area (Å²) < 4.78 is 6.17. The summed E-state index contributed by atoms with van der Waals surface area (Å²) in [6.07, 6.45) is 10.4. The highest BCUT2D eigenvalue weighted by molar-refractivity contribution is 5.52. The summed E-state index contributed by atoms with van der Waals surface area (Å²) in [5.74, 6) is 3.57. The summed E-state index contributed by atoms with van der Waals surface area (Å²) in [7, 11) is 0. The van der Waals surface area contributed by atoms with E-state index in [1.165, 1.54) is 24.7 Å². The molecule has 5 heterocycles. The molecule has 1 saturated heterocycles. The molecule has 150 valence electrons. The minimum Gasteiger partial charge on any atom is -0.444 e. The normalized spacial score (nSPS) is 18.0. The number of anilines is 1. The Kier molecular flexibility index (Phi) is 4.97. The first kappa shape index (κ1) is 18.2. The second-order valence-corrected chi connectivity index (χ2v) is 8.16. The van der Waals surface area contributed by atoms with Crippen LogP contribution in [0.5, 0.6) is 0 Å². The van der Waals surface area contributed by atoms with Crippen molar-refractivity contribution in [2.45, 2.75) is 39.3 Å². The average Bonchev–Trinajstić information content (AvgIpc) is 3.23. The summed E-state index contributed by atoms with van der Waals surface area (Å²) in [4.78, 5) is 22.2. The molecule has 0 N–H and O–H groups in total. The van der Waals surface area contributed by atoms with Crippen molar-refractivity contribution in [1.29, 1.82) is 0 Å². The van der Waals surface area contributed by atoms with Gasteiger partial charge in [-0.2, -0.15) is 0 Å². The fourth-order valence-electron chi connectivity index (χ4n) is 4.13. The number of piperidine rings is 1. The van der Waals surface area contributed by atoms with Crippen LogP contribution < -0.4 is 4.90 Å². The van der Waals surface area contributed by atoms with Crippen molar-refractivity contribution >= 4 is 5.88 Å². The molecule has 3 aromatic heterocycles. The first-order chi connectivity index (χ1) is 14.2. The van der Waals surface area contributed by atoms with Crippen LogP contribution in [0.4, 0.5) is 5.88 Å². The maximum Gasteiger partial charge on any atom is 0.195 e. The van der Waals surface area contributed by atoms with Crippen LogP contribution in [-0.2, 0) is 19.5 Å². The van der Waals surface area contributed by atoms with Crippen LogP contribution in [-0.4, -0.2) is 44.5 Å². The van der Waals surface area contributed by atoms with Crippen molar-refractivity contribution in [2.75, 3.05) is 24.5 Å². The van der Waals surface area contributed by atoms with E-state index >= 15 is 0 Å². The molecular weight excluding hydrogens is 364 g/mol. The number of hydrogen-bond donors (Lipinski definition) is 0. The Bertz CT molecular complexity index is 964.